The second-order valence-electron chi connectivity index (χ2n) is 11.6. The van der Waals surface area contributed by atoms with E-state index in [9.17, 15) is 22.8 Å². The molecule has 44 heavy (non-hydrogen) atoms. The number of ether oxygens (including phenoxy) is 2. The molecule has 1 aliphatic heterocycles. The van der Waals surface area contributed by atoms with Gasteiger partial charge in [-0.2, -0.15) is 13.2 Å². The quantitative estimate of drug-likeness (QED) is 0.246. The molecule has 2 aromatic heterocycles. The number of rotatable bonds is 5. The number of fused-ring (bicyclic) bond motifs is 1. The lowest BCUT2D eigenvalue weighted by atomic mass is 10.2. The average molecular weight is 610 g/mol. The maximum absolute atomic E-state index is 13.4. The average Bonchev–Trinajstić information content (AvgIpc) is 3.31. The number of hydrogen-bond donors (Lipinski definition) is 0. The van der Waals surface area contributed by atoms with Gasteiger partial charge in [0.2, 0.25) is 5.88 Å². The number of hydrogen-bond acceptors (Lipinski definition) is 6. The lowest BCUT2D eigenvalue weighted by molar-refractivity contribution is -0.137. The fourth-order valence-electron chi connectivity index (χ4n) is 4.95. The van der Waals surface area contributed by atoms with E-state index in [2.05, 4.69) is 4.98 Å². The molecule has 2 amide bonds. The zero-order chi connectivity index (χ0) is 31.8. The number of nitrogens with zero attached hydrogens (tertiary/aromatic N) is 5. The van der Waals surface area contributed by atoms with E-state index in [4.69, 9.17) is 9.47 Å². The third-order valence-electron chi connectivity index (χ3n) is 7.36. The highest BCUT2D eigenvalue weighted by Gasteiger charge is 2.31. The standard InChI is InChI=1S/C32H34F3N5O4/c1-31(2,3)44-30(42)40-16-14-39(15-17-40)29(41)27-19-21-18-25(11-12-26(21)38(27)5)43-28-13-10-24(20-36-28)37(4)23-8-6-22(7-9-23)32(33,34)35/h6-13,18-20H,14-17H2,1-5H3. The van der Waals surface area contributed by atoms with Crippen molar-refractivity contribution in [3.05, 3.63) is 78.1 Å². The number of piperazine rings is 1. The van der Waals surface area contributed by atoms with Crippen molar-refractivity contribution in [2.24, 2.45) is 7.05 Å². The predicted octanol–water partition coefficient (Wildman–Crippen LogP) is 6.85. The molecule has 9 nitrogen and oxygen atoms in total. The zero-order valence-electron chi connectivity index (χ0n) is 25.2. The molecule has 0 radical (unpaired) electrons. The Balaban J connectivity index is 1.23. The van der Waals surface area contributed by atoms with Crippen molar-refractivity contribution in [2.45, 2.75) is 32.5 Å². The first-order valence-electron chi connectivity index (χ1n) is 14.1. The Bertz CT molecular complexity index is 1650. The van der Waals surface area contributed by atoms with Gasteiger partial charge in [-0.05, 0) is 75.4 Å². The molecule has 0 saturated carbocycles. The molecule has 232 valence electrons. The molecule has 0 spiro atoms. The van der Waals surface area contributed by atoms with Crippen molar-refractivity contribution >= 4 is 34.3 Å². The minimum absolute atomic E-state index is 0.121. The lowest BCUT2D eigenvalue weighted by Gasteiger charge is -2.35. The molecule has 1 fully saturated rings. The molecule has 0 bridgehead atoms. The number of aromatic nitrogens is 2. The SMILES string of the molecule is CN(c1ccc(C(F)(F)F)cc1)c1ccc(Oc2ccc3c(c2)cc(C(=O)N2CCN(C(=O)OC(C)(C)C)CC2)n3C)nc1. The first kappa shape index (κ1) is 30.7. The van der Waals surface area contributed by atoms with Gasteiger partial charge in [-0.25, -0.2) is 9.78 Å². The van der Waals surface area contributed by atoms with Crippen LogP contribution in [0.4, 0.5) is 29.3 Å². The largest absolute Gasteiger partial charge is 0.444 e. The molecule has 1 saturated heterocycles. The van der Waals surface area contributed by atoms with Crippen LogP contribution in [0.25, 0.3) is 10.9 Å². The van der Waals surface area contributed by atoms with Gasteiger partial charge < -0.3 is 28.7 Å². The van der Waals surface area contributed by atoms with Crippen LogP contribution in [0, 0.1) is 0 Å². The molecular weight excluding hydrogens is 575 g/mol. The highest BCUT2D eigenvalue weighted by Crippen LogP contribution is 2.33. The van der Waals surface area contributed by atoms with E-state index in [1.54, 1.807) is 46.1 Å². The van der Waals surface area contributed by atoms with E-state index >= 15 is 0 Å². The Hall–Kier alpha value is -4.74. The summed E-state index contributed by atoms with van der Waals surface area (Å²) in [7, 11) is 3.57. The third-order valence-corrected chi connectivity index (χ3v) is 7.36. The van der Waals surface area contributed by atoms with Gasteiger partial charge in [0.25, 0.3) is 5.91 Å². The minimum Gasteiger partial charge on any atom is -0.444 e. The summed E-state index contributed by atoms with van der Waals surface area (Å²) in [4.78, 5) is 35.2. The van der Waals surface area contributed by atoms with Crippen LogP contribution in [0.15, 0.2) is 66.9 Å². The Morgan fingerprint density at radius 1 is 0.864 bits per heavy atom. The molecular formula is C32H34F3N5O4. The molecule has 12 heteroatoms. The summed E-state index contributed by atoms with van der Waals surface area (Å²) in [5.74, 6) is 0.748. The van der Waals surface area contributed by atoms with E-state index < -0.39 is 17.3 Å². The van der Waals surface area contributed by atoms with Crippen LogP contribution in [0.2, 0.25) is 0 Å². The number of halogens is 3. The number of carbonyl (C=O) groups excluding carboxylic acids is 2. The van der Waals surface area contributed by atoms with Crippen LogP contribution < -0.4 is 9.64 Å². The van der Waals surface area contributed by atoms with Gasteiger partial charge >= 0.3 is 12.3 Å². The maximum Gasteiger partial charge on any atom is 0.416 e. The summed E-state index contributed by atoms with van der Waals surface area (Å²) in [6, 6.07) is 15.7. The smallest absolute Gasteiger partial charge is 0.416 e. The van der Waals surface area contributed by atoms with Crippen molar-refractivity contribution in [1.29, 1.82) is 0 Å². The van der Waals surface area contributed by atoms with E-state index in [-0.39, 0.29) is 12.0 Å². The van der Waals surface area contributed by atoms with Crippen molar-refractivity contribution in [3.63, 3.8) is 0 Å². The number of benzene rings is 2. The topological polar surface area (TPSA) is 80.1 Å². The van der Waals surface area contributed by atoms with Crippen molar-refractivity contribution in [1.82, 2.24) is 19.4 Å². The number of anilines is 2. The van der Waals surface area contributed by atoms with E-state index in [1.807, 2.05) is 50.6 Å². The summed E-state index contributed by atoms with van der Waals surface area (Å²) in [6.07, 6.45) is -3.19. The number of aryl methyl sites for hydroxylation is 1. The van der Waals surface area contributed by atoms with Gasteiger partial charge in [0.1, 0.15) is 17.0 Å². The fraction of sp³-hybridized carbons (Fsp3) is 0.344. The van der Waals surface area contributed by atoms with E-state index in [1.165, 1.54) is 12.1 Å². The molecule has 0 aliphatic carbocycles. The van der Waals surface area contributed by atoms with E-state index in [0.29, 0.717) is 54.9 Å². The number of carbonyl (C=O) groups is 2. The highest BCUT2D eigenvalue weighted by atomic mass is 19.4. The summed E-state index contributed by atoms with van der Waals surface area (Å²) < 4.78 is 51.9. The van der Waals surface area contributed by atoms with Crippen LogP contribution in [0.1, 0.15) is 36.8 Å². The Morgan fingerprint density at radius 2 is 1.50 bits per heavy atom. The van der Waals surface area contributed by atoms with Gasteiger partial charge in [0.15, 0.2) is 0 Å². The normalized spacial score (nSPS) is 14.1. The summed E-state index contributed by atoms with van der Waals surface area (Å²) in [5, 5.41) is 0.819. The molecule has 1 aliphatic rings. The highest BCUT2D eigenvalue weighted by molar-refractivity contribution is 5.99. The summed E-state index contributed by atoms with van der Waals surface area (Å²) in [6.45, 7) is 7.07. The molecule has 0 atom stereocenters. The zero-order valence-corrected chi connectivity index (χ0v) is 25.2. The first-order chi connectivity index (χ1) is 20.7. The van der Waals surface area contributed by atoms with Gasteiger partial charge in [-0.15, -0.1) is 0 Å². The predicted molar refractivity (Wildman–Crippen MR) is 160 cm³/mol. The third kappa shape index (κ3) is 6.74. The Morgan fingerprint density at radius 3 is 2.09 bits per heavy atom. The monoisotopic (exact) mass is 609 g/mol. The van der Waals surface area contributed by atoms with Crippen LogP contribution in [0.3, 0.4) is 0 Å². The molecule has 0 N–H and O–H groups in total. The first-order valence-corrected chi connectivity index (χ1v) is 14.1. The van der Waals surface area contributed by atoms with Gasteiger partial charge in [-0.1, -0.05) is 0 Å². The van der Waals surface area contributed by atoms with Gasteiger partial charge in [0, 0.05) is 62.9 Å². The van der Waals surface area contributed by atoms with Gasteiger partial charge in [-0.3, -0.25) is 4.79 Å². The molecule has 2 aromatic carbocycles. The van der Waals surface area contributed by atoms with Crippen LogP contribution >= 0.6 is 0 Å². The van der Waals surface area contributed by atoms with Crippen molar-refractivity contribution < 1.29 is 32.2 Å². The number of amides is 2. The Labute approximate surface area is 253 Å². The molecule has 0 unspecified atom stereocenters. The molecule has 3 heterocycles. The Kier molecular flexibility index (Phi) is 8.19. The maximum atomic E-state index is 13.4. The van der Waals surface area contributed by atoms with Crippen molar-refractivity contribution in [3.8, 4) is 11.6 Å². The minimum atomic E-state index is -4.39. The molecule has 5 rings (SSSR count). The second kappa shape index (κ2) is 11.7. The summed E-state index contributed by atoms with van der Waals surface area (Å²) >= 11 is 0. The lowest BCUT2D eigenvalue weighted by Crippen LogP contribution is -2.51. The fourth-order valence-corrected chi connectivity index (χ4v) is 4.95. The van der Waals surface area contributed by atoms with Gasteiger partial charge in [0.05, 0.1) is 17.4 Å². The summed E-state index contributed by atoms with van der Waals surface area (Å²) in [5.41, 5.74) is 1.35. The van der Waals surface area contributed by atoms with Crippen LogP contribution in [0.5, 0.6) is 11.6 Å². The number of pyridine rings is 1. The van der Waals surface area contributed by atoms with Crippen molar-refractivity contribution in [2.75, 3.05) is 38.1 Å². The number of alkyl halides is 3. The molecule has 4 aromatic rings. The van der Waals surface area contributed by atoms with E-state index in [0.717, 1.165) is 23.0 Å². The van der Waals surface area contributed by atoms with Crippen LogP contribution in [-0.2, 0) is 18.0 Å². The second-order valence-corrected chi connectivity index (χ2v) is 11.6. The van der Waals surface area contributed by atoms with Crippen LogP contribution in [-0.4, -0.2) is 70.2 Å².